The van der Waals surface area contributed by atoms with Crippen LogP contribution in [0.2, 0.25) is 0 Å². The highest BCUT2D eigenvalue weighted by Gasteiger charge is 2.09. The normalized spacial score (nSPS) is 12.8. The zero-order valence-electron chi connectivity index (χ0n) is 7.21. The van der Waals surface area contributed by atoms with Gasteiger partial charge in [0.2, 0.25) is 0 Å². The van der Waals surface area contributed by atoms with Crippen LogP contribution in [0.15, 0.2) is 29.4 Å². The number of hydrazine groups is 1. The quantitative estimate of drug-likeness (QED) is 0.406. The van der Waals surface area contributed by atoms with E-state index in [0.29, 0.717) is 0 Å². The van der Waals surface area contributed by atoms with Gasteiger partial charge in [0, 0.05) is 5.56 Å². The molecule has 0 spiro atoms. The van der Waals surface area contributed by atoms with Crippen molar-refractivity contribution in [2.45, 2.75) is 19.4 Å². The molecule has 0 radical (unpaired) electrons. The Hall–Kier alpha value is -1.06. The van der Waals surface area contributed by atoms with Crippen LogP contribution in [-0.4, -0.2) is 0 Å². The van der Waals surface area contributed by atoms with E-state index in [-0.39, 0.29) is 6.04 Å². The van der Waals surface area contributed by atoms with E-state index < -0.39 is 0 Å². The van der Waals surface area contributed by atoms with E-state index in [9.17, 15) is 0 Å². The maximum atomic E-state index is 5.36. The number of hydrogen-bond donors (Lipinski definition) is 2. The van der Waals surface area contributed by atoms with Crippen molar-refractivity contribution in [2.75, 3.05) is 0 Å². The zero-order chi connectivity index (χ0) is 8.97. The van der Waals surface area contributed by atoms with Gasteiger partial charge >= 0.3 is 0 Å². The molecule has 3 heteroatoms. The maximum absolute atomic E-state index is 5.36. The van der Waals surface area contributed by atoms with Gasteiger partial charge in [0.25, 0.3) is 0 Å². The van der Waals surface area contributed by atoms with Gasteiger partial charge in [0.1, 0.15) is 5.76 Å². The minimum Gasteiger partial charge on any atom is -0.469 e. The van der Waals surface area contributed by atoms with Crippen molar-refractivity contribution in [2.24, 2.45) is 5.84 Å². The third-order valence-electron chi connectivity index (χ3n) is 1.76. The molecular formula is C9H14N2O. The second kappa shape index (κ2) is 4.09. The molecule has 3 N–H and O–H groups in total. The van der Waals surface area contributed by atoms with Gasteiger partial charge in [0.15, 0.2) is 0 Å². The molecule has 0 amide bonds. The highest BCUT2D eigenvalue weighted by molar-refractivity contribution is 5.16. The molecule has 0 bridgehead atoms. The van der Waals surface area contributed by atoms with E-state index >= 15 is 0 Å². The standard InChI is InChI=1S/C9H14N2O/c1-3-4-9(11-10)8-5-7(2)12-6-8/h3,5-6,9,11H,1,4,10H2,2H3. The van der Waals surface area contributed by atoms with E-state index in [1.807, 2.05) is 19.1 Å². The highest BCUT2D eigenvalue weighted by Crippen LogP contribution is 2.18. The van der Waals surface area contributed by atoms with E-state index in [0.717, 1.165) is 17.7 Å². The summed E-state index contributed by atoms with van der Waals surface area (Å²) in [5, 5.41) is 0. The first-order valence-electron chi connectivity index (χ1n) is 3.90. The van der Waals surface area contributed by atoms with E-state index in [1.165, 1.54) is 0 Å². The molecule has 1 heterocycles. The number of furan rings is 1. The Bertz CT molecular complexity index is 255. The summed E-state index contributed by atoms with van der Waals surface area (Å²) in [6, 6.07) is 2.08. The monoisotopic (exact) mass is 166 g/mol. The first-order chi connectivity index (χ1) is 5.77. The first kappa shape index (κ1) is 9.03. The zero-order valence-corrected chi connectivity index (χ0v) is 7.21. The molecule has 0 saturated carbocycles. The van der Waals surface area contributed by atoms with Gasteiger partial charge in [0.05, 0.1) is 12.3 Å². The van der Waals surface area contributed by atoms with Crippen LogP contribution in [0.25, 0.3) is 0 Å². The average Bonchev–Trinajstić information content (AvgIpc) is 2.47. The van der Waals surface area contributed by atoms with Crippen LogP contribution in [-0.2, 0) is 0 Å². The Morgan fingerprint density at radius 2 is 2.58 bits per heavy atom. The smallest absolute Gasteiger partial charge is 0.101 e. The minimum atomic E-state index is 0.111. The van der Waals surface area contributed by atoms with E-state index in [2.05, 4.69) is 12.0 Å². The number of nitrogens with one attached hydrogen (secondary N) is 1. The second-order valence-electron chi connectivity index (χ2n) is 2.73. The van der Waals surface area contributed by atoms with E-state index in [1.54, 1.807) is 6.26 Å². The molecule has 0 aliphatic carbocycles. The van der Waals surface area contributed by atoms with Crippen LogP contribution in [0.5, 0.6) is 0 Å². The van der Waals surface area contributed by atoms with Crippen molar-refractivity contribution in [3.8, 4) is 0 Å². The fraction of sp³-hybridized carbons (Fsp3) is 0.333. The summed E-state index contributed by atoms with van der Waals surface area (Å²) in [7, 11) is 0. The van der Waals surface area contributed by atoms with Crippen LogP contribution in [0.4, 0.5) is 0 Å². The summed E-state index contributed by atoms with van der Waals surface area (Å²) in [5.74, 6) is 6.26. The van der Waals surface area contributed by atoms with E-state index in [4.69, 9.17) is 10.3 Å². The molecule has 0 aliphatic heterocycles. The Balaban J connectivity index is 2.72. The Labute approximate surface area is 72.2 Å². The SMILES string of the molecule is C=CCC(NN)c1coc(C)c1. The molecule has 1 unspecified atom stereocenters. The first-order valence-corrected chi connectivity index (χ1v) is 3.90. The fourth-order valence-corrected chi connectivity index (χ4v) is 1.11. The summed E-state index contributed by atoms with van der Waals surface area (Å²) in [6.45, 7) is 5.56. The van der Waals surface area contributed by atoms with Crippen molar-refractivity contribution in [3.05, 3.63) is 36.3 Å². The molecule has 0 saturated heterocycles. The summed E-state index contributed by atoms with van der Waals surface area (Å²) >= 11 is 0. The molecule has 0 aromatic carbocycles. The number of aryl methyl sites for hydroxylation is 1. The van der Waals surface area contributed by atoms with Crippen molar-refractivity contribution < 1.29 is 4.42 Å². The molecule has 12 heavy (non-hydrogen) atoms. The lowest BCUT2D eigenvalue weighted by Gasteiger charge is -2.10. The fourth-order valence-electron chi connectivity index (χ4n) is 1.11. The molecule has 1 rings (SSSR count). The summed E-state index contributed by atoms with van der Waals surface area (Å²) in [5.41, 5.74) is 3.77. The van der Waals surface area contributed by atoms with Crippen LogP contribution in [0.3, 0.4) is 0 Å². The molecule has 0 aliphatic rings. The third-order valence-corrected chi connectivity index (χ3v) is 1.76. The van der Waals surface area contributed by atoms with Crippen molar-refractivity contribution in [3.63, 3.8) is 0 Å². The molecule has 3 nitrogen and oxygen atoms in total. The summed E-state index contributed by atoms with van der Waals surface area (Å²) < 4.78 is 5.16. The molecule has 1 atom stereocenters. The molecule has 1 aromatic heterocycles. The number of rotatable bonds is 4. The molecule has 66 valence electrons. The maximum Gasteiger partial charge on any atom is 0.101 e. The highest BCUT2D eigenvalue weighted by atomic mass is 16.3. The lowest BCUT2D eigenvalue weighted by atomic mass is 10.1. The predicted molar refractivity (Wildman–Crippen MR) is 48.3 cm³/mol. The summed E-state index contributed by atoms with van der Waals surface area (Å²) in [6.07, 6.45) is 4.34. The van der Waals surface area contributed by atoms with Gasteiger partial charge in [-0.05, 0) is 19.4 Å². The topological polar surface area (TPSA) is 51.2 Å². The minimum absolute atomic E-state index is 0.111. The summed E-state index contributed by atoms with van der Waals surface area (Å²) in [4.78, 5) is 0. The largest absolute Gasteiger partial charge is 0.469 e. The van der Waals surface area contributed by atoms with Gasteiger partial charge in [-0.1, -0.05) is 6.08 Å². The van der Waals surface area contributed by atoms with Gasteiger partial charge in [-0.25, -0.2) is 0 Å². The second-order valence-corrected chi connectivity index (χ2v) is 2.73. The Morgan fingerprint density at radius 3 is 3.00 bits per heavy atom. The average molecular weight is 166 g/mol. The van der Waals surface area contributed by atoms with Crippen molar-refractivity contribution in [1.29, 1.82) is 0 Å². The lowest BCUT2D eigenvalue weighted by molar-refractivity contribution is 0.514. The Kier molecular flexibility index (Phi) is 3.08. The molecular weight excluding hydrogens is 152 g/mol. The predicted octanol–water partition coefficient (Wildman–Crippen LogP) is 1.67. The van der Waals surface area contributed by atoms with Gasteiger partial charge in [-0.2, -0.15) is 0 Å². The van der Waals surface area contributed by atoms with Crippen molar-refractivity contribution in [1.82, 2.24) is 5.43 Å². The molecule has 0 fully saturated rings. The Morgan fingerprint density at radius 1 is 1.83 bits per heavy atom. The van der Waals surface area contributed by atoms with Gasteiger partial charge in [-0.3, -0.25) is 11.3 Å². The number of hydrogen-bond acceptors (Lipinski definition) is 3. The van der Waals surface area contributed by atoms with Crippen LogP contribution >= 0.6 is 0 Å². The third kappa shape index (κ3) is 1.96. The van der Waals surface area contributed by atoms with Crippen LogP contribution in [0, 0.1) is 6.92 Å². The molecule has 1 aromatic rings. The van der Waals surface area contributed by atoms with Gasteiger partial charge < -0.3 is 4.42 Å². The van der Waals surface area contributed by atoms with Crippen LogP contribution < -0.4 is 11.3 Å². The lowest BCUT2D eigenvalue weighted by Crippen LogP contribution is -2.27. The number of nitrogens with two attached hydrogens (primary N) is 1. The van der Waals surface area contributed by atoms with Gasteiger partial charge in [-0.15, -0.1) is 6.58 Å². The van der Waals surface area contributed by atoms with Crippen molar-refractivity contribution >= 4 is 0 Å². The van der Waals surface area contributed by atoms with Crippen LogP contribution in [0.1, 0.15) is 23.8 Å².